The first-order chi connectivity index (χ1) is 12.8. The summed E-state index contributed by atoms with van der Waals surface area (Å²) in [5.41, 5.74) is 0. The average Bonchev–Trinajstić information content (AvgIpc) is 2.90. The number of carbonyl (C=O) groups is 1. The number of hydrogen-bond donors (Lipinski definition) is 0. The summed E-state index contributed by atoms with van der Waals surface area (Å²) in [6.45, 7) is 0. The van der Waals surface area contributed by atoms with E-state index in [0.29, 0.717) is 9.93 Å². The number of sulfonamides is 1. The zero-order valence-corrected chi connectivity index (χ0v) is 17.6. The second-order valence-electron chi connectivity index (χ2n) is 6.83. The number of carbonyl (C=O) groups excluding carboxylic acids is 1. The summed E-state index contributed by atoms with van der Waals surface area (Å²) in [5, 5.41) is 0.682. The SMILES string of the molecule is CN(C)/C=C1/SC(=NS(=O)(=O)c2ccc(Cl)cc2)N(C2CCCCC2)C1=O. The lowest BCUT2D eigenvalue weighted by atomic mass is 9.94. The van der Waals surface area contributed by atoms with Gasteiger partial charge in [0, 0.05) is 31.4 Å². The summed E-state index contributed by atoms with van der Waals surface area (Å²) >= 11 is 6.96. The van der Waals surface area contributed by atoms with Gasteiger partial charge in [0.25, 0.3) is 15.9 Å². The van der Waals surface area contributed by atoms with Crippen LogP contribution in [0.25, 0.3) is 0 Å². The van der Waals surface area contributed by atoms with Gasteiger partial charge in [-0.25, -0.2) is 0 Å². The van der Waals surface area contributed by atoms with Crippen LogP contribution >= 0.6 is 23.4 Å². The quantitative estimate of drug-likeness (QED) is 0.685. The summed E-state index contributed by atoms with van der Waals surface area (Å²) in [4.78, 5) is 16.8. The van der Waals surface area contributed by atoms with E-state index >= 15 is 0 Å². The number of benzene rings is 1. The molecular formula is C18H22ClN3O3S2. The van der Waals surface area contributed by atoms with Gasteiger partial charge in [-0.3, -0.25) is 9.69 Å². The van der Waals surface area contributed by atoms with Gasteiger partial charge in [-0.05, 0) is 48.9 Å². The Morgan fingerprint density at radius 1 is 1.19 bits per heavy atom. The van der Waals surface area contributed by atoms with Crippen LogP contribution in [0.2, 0.25) is 5.02 Å². The third kappa shape index (κ3) is 4.67. The molecule has 1 aromatic carbocycles. The van der Waals surface area contributed by atoms with Crippen molar-refractivity contribution in [2.75, 3.05) is 14.1 Å². The fourth-order valence-electron chi connectivity index (χ4n) is 3.20. The molecule has 2 fully saturated rings. The van der Waals surface area contributed by atoms with E-state index in [-0.39, 0.29) is 22.0 Å². The maximum absolute atomic E-state index is 12.9. The van der Waals surface area contributed by atoms with Gasteiger partial charge >= 0.3 is 0 Å². The molecule has 1 saturated carbocycles. The molecule has 0 atom stereocenters. The second-order valence-corrected chi connectivity index (χ2v) is 9.88. The minimum atomic E-state index is -3.93. The first kappa shape index (κ1) is 20.2. The maximum atomic E-state index is 12.9. The van der Waals surface area contributed by atoms with E-state index < -0.39 is 10.0 Å². The molecule has 2 aliphatic rings. The number of rotatable bonds is 4. The smallest absolute Gasteiger partial charge is 0.284 e. The highest BCUT2D eigenvalue weighted by Crippen LogP contribution is 2.37. The lowest BCUT2D eigenvalue weighted by molar-refractivity contribution is -0.124. The molecule has 6 nitrogen and oxygen atoms in total. The van der Waals surface area contributed by atoms with Crippen LogP contribution in [0.15, 0.2) is 44.7 Å². The van der Waals surface area contributed by atoms with Crippen LogP contribution in [0.4, 0.5) is 0 Å². The normalized spacial score (nSPS) is 22.0. The van der Waals surface area contributed by atoms with Crippen molar-refractivity contribution < 1.29 is 13.2 Å². The molecule has 1 aliphatic heterocycles. The molecule has 0 bridgehead atoms. The van der Waals surface area contributed by atoms with Crippen LogP contribution in [-0.4, -0.2) is 49.4 Å². The van der Waals surface area contributed by atoms with Gasteiger partial charge in [-0.2, -0.15) is 8.42 Å². The van der Waals surface area contributed by atoms with Crippen molar-refractivity contribution in [3.05, 3.63) is 40.4 Å². The molecule has 9 heteroatoms. The van der Waals surface area contributed by atoms with Crippen LogP contribution in [-0.2, 0) is 14.8 Å². The predicted molar refractivity (Wildman–Crippen MR) is 109 cm³/mol. The Hall–Kier alpha value is -1.51. The molecule has 1 aliphatic carbocycles. The molecular weight excluding hydrogens is 406 g/mol. The first-order valence-corrected chi connectivity index (χ1v) is 11.4. The van der Waals surface area contributed by atoms with Crippen molar-refractivity contribution in [2.45, 2.75) is 43.0 Å². The average molecular weight is 428 g/mol. The molecule has 27 heavy (non-hydrogen) atoms. The van der Waals surface area contributed by atoms with Gasteiger partial charge in [-0.1, -0.05) is 30.9 Å². The number of nitrogens with zero attached hydrogens (tertiary/aromatic N) is 3. The Labute approximate surface area is 169 Å². The third-order valence-electron chi connectivity index (χ3n) is 4.46. The van der Waals surface area contributed by atoms with E-state index in [0.717, 1.165) is 43.9 Å². The molecule has 1 heterocycles. The van der Waals surface area contributed by atoms with Crippen molar-refractivity contribution in [3.63, 3.8) is 0 Å². The number of amidine groups is 1. The summed E-state index contributed by atoms with van der Waals surface area (Å²) in [7, 11) is -0.284. The van der Waals surface area contributed by atoms with Crippen molar-refractivity contribution in [2.24, 2.45) is 4.40 Å². The van der Waals surface area contributed by atoms with Gasteiger partial charge < -0.3 is 4.90 Å². The Bertz CT molecular complexity index is 874. The fourth-order valence-corrected chi connectivity index (χ4v) is 5.62. The molecule has 0 radical (unpaired) electrons. The van der Waals surface area contributed by atoms with Crippen LogP contribution in [0.3, 0.4) is 0 Å². The molecule has 146 valence electrons. The summed E-state index contributed by atoms with van der Waals surface area (Å²) in [6.07, 6.45) is 6.64. The summed E-state index contributed by atoms with van der Waals surface area (Å²) in [5.74, 6) is -0.175. The van der Waals surface area contributed by atoms with Crippen molar-refractivity contribution >= 4 is 44.5 Å². The monoisotopic (exact) mass is 427 g/mol. The van der Waals surface area contributed by atoms with E-state index in [2.05, 4.69) is 4.40 Å². The highest BCUT2D eigenvalue weighted by Gasteiger charge is 2.40. The number of hydrogen-bond acceptors (Lipinski definition) is 5. The second kappa shape index (κ2) is 8.24. The molecule has 3 rings (SSSR count). The number of thioether (sulfide) groups is 1. The molecule has 1 saturated heterocycles. The molecule has 1 amide bonds. The molecule has 0 N–H and O–H groups in total. The van der Waals surface area contributed by atoms with E-state index in [1.807, 2.05) is 14.1 Å². The van der Waals surface area contributed by atoms with E-state index in [1.54, 1.807) is 16.0 Å². The van der Waals surface area contributed by atoms with Crippen molar-refractivity contribution in [1.29, 1.82) is 0 Å². The predicted octanol–water partition coefficient (Wildman–Crippen LogP) is 3.70. The summed E-state index contributed by atoms with van der Waals surface area (Å²) in [6, 6.07) is 5.86. The topological polar surface area (TPSA) is 70.1 Å². The highest BCUT2D eigenvalue weighted by molar-refractivity contribution is 8.19. The lowest BCUT2D eigenvalue weighted by Gasteiger charge is -2.30. The highest BCUT2D eigenvalue weighted by atomic mass is 35.5. The lowest BCUT2D eigenvalue weighted by Crippen LogP contribution is -2.40. The van der Waals surface area contributed by atoms with Crippen LogP contribution in [0.1, 0.15) is 32.1 Å². The van der Waals surface area contributed by atoms with Gasteiger partial charge in [0.1, 0.15) is 0 Å². The van der Waals surface area contributed by atoms with E-state index in [9.17, 15) is 13.2 Å². The van der Waals surface area contributed by atoms with Crippen LogP contribution in [0, 0.1) is 0 Å². The molecule has 0 spiro atoms. The third-order valence-corrected chi connectivity index (χ3v) is 7.08. The van der Waals surface area contributed by atoms with Gasteiger partial charge in [0.15, 0.2) is 5.17 Å². The minimum absolute atomic E-state index is 0.00835. The fraction of sp³-hybridized carbons (Fsp3) is 0.444. The standard InChI is InChI=1S/C18H22ClN3O3S2/c1-21(2)12-16-17(23)22(14-6-4-3-5-7-14)18(26-16)20-27(24,25)15-10-8-13(19)9-11-15/h8-12,14H,3-7H2,1-2H3/b16-12+,20-18?. The molecule has 0 unspecified atom stereocenters. The van der Waals surface area contributed by atoms with Crippen LogP contribution < -0.4 is 0 Å². The van der Waals surface area contributed by atoms with Gasteiger partial charge in [0.05, 0.1) is 9.80 Å². The molecule has 1 aromatic rings. The number of amides is 1. The Kier molecular flexibility index (Phi) is 6.18. The minimum Gasteiger partial charge on any atom is -0.382 e. The zero-order valence-electron chi connectivity index (χ0n) is 15.3. The zero-order chi connectivity index (χ0) is 19.6. The van der Waals surface area contributed by atoms with E-state index in [4.69, 9.17) is 11.6 Å². The number of halogens is 1. The maximum Gasteiger partial charge on any atom is 0.284 e. The van der Waals surface area contributed by atoms with Crippen LogP contribution in [0.5, 0.6) is 0 Å². The Morgan fingerprint density at radius 3 is 2.41 bits per heavy atom. The first-order valence-electron chi connectivity index (χ1n) is 8.78. The molecule has 0 aromatic heterocycles. The largest absolute Gasteiger partial charge is 0.382 e. The van der Waals surface area contributed by atoms with E-state index in [1.165, 1.54) is 24.3 Å². The Morgan fingerprint density at radius 2 is 1.81 bits per heavy atom. The van der Waals surface area contributed by atoms with Crippen molar-refractivity contribution in [1.82, 2.24) is 9.80 Å². The van der Waals surface area contributed by atoms with Crippen molar-refractivity contribution in [3.8, 4) is 0 Å². The Balaban J connectivity index is 1.99. The van der Waals surface area contributed by atoms with Gasteiger partial charge in [-0.15, -0.1) is 4.40 Å². The summed E-state index contributed by atoms with van der Waals surface area (Å²) < 4.78 is 29.5. The van der Waals surface area contributed by atoms with Gasteiger partial charge in [0.2, 0.25) is 0 Å².